The summed E-state index contributed by atoms with van der Waals surface area (Å²) in [5.74, 6) is -1.64. The maximum atomic E-state index is 11.6. The van der Waals surface area contributed by atoms with Crippen LogP contribution in [-0.2, 0) is 9.59 Å². The summed E-state index contributed by atoms with van der Waals surface area (Å²) < 4.78 is 0. The highest BCUT2D eigenvalue weighted by molar-refractivity contribution is 5.92. The fraction of sp³-hybridized carbons (Fsp3) is 0.333. The van der Waals surface area contributed by atoms with E-state index in [-0.39, 0.29) is 30.0 Å². The Labute approximate surface area is 114 Å². The molecule has 20 heavy (non-hydrogen) atoms. The second-order valence-electron chi connectivity index (χ2n) is 4.11. The average molecular weight is 282 g/mol. The van der Waals surface area contributed by atoms with Crippen molar-refractivity contribution in [3.8, 4) is 5.75 Å². The normalized spacial score (nSPS) is 10.0. The summed E-state index contributed by atoms with van der Waals surface area (Å²) in [7, 11) is 0. The fourth-order valence-corrected chi connectivity index (χ4v) is 1.51. The quantitative estimate of drug-likeness (QED) is 0.303. The molecule has 0 unspecified atom stereocenters. The van der Waals surface area contributed by atoms with E-state index in [9.17, 15) is 24.8 Å². The molecular weight excluding hydrogens is 268 g/mol. The minimum absolute atomic E-state index is 0.0185. The molecule has 1 amide bonds. The van der Waals surface area contributed by atoms with Crippen molar-refractivity contribution in [2.45, 2.75) is 25.7 Å². The van der Waals surface area contributed by atoms with Crippen LogP contribution in [0.2, 0.25) is 0 Å². The zero-order valence-electron chi connectivity index (χ0n) is 10.5. The lowest BCUT2D eigenvalue weighted by Crippen LogP contribution is -2.11. The van der Waals surface area contributed by atoms with Crippen molar-refractivity contribution in [2.75, 3.05) is 5.32 Å². The molecule has 0 saturated carbocycles. The first-order chi connectivity index (χ1) is 9.40. The number of nitro benzene ring substituents is 1. The lowest BCUT2D eigenvalue weighted by molar-refractivity contribution is -0.384. The van der Waals surface area contributed by atoms with Crippen LogP contribution in [0.25, 0.3) is 0 Å². The molecule has 108 valence electrons. The van der Waals surface area contributed by atoms with Gasteiger partial charge in [-0.2, -0.15) is 0 Å². The zero-order valence-corrected chi connectivity index (χ0v) is 10.5. The van der Waals surface area contributed by atoms with E-state index < -0.39 is 16.8 Å². The van der Waals surface area contributed by atoms with E-state index >= 15 is 0 Å². The van der Waals surface area contributed by atoms with E-state index in [4.69, 9.17) is 5.11 Å². The topological polar surface area (TPSA) is 130 Å². The molecular formula is C12H14N2O6. The van der Waals surface area contributed by atoms with E-state index in [2.05, 4.69) is 5.32 Å². The number of nitro groups is 1. The van der Waals surface area contributed by atoms with Gasteiger partial charge in [-0.15, -0.1) is 0 Å². The maximum Gasteiger partial charge on any atom is 0.303 e. The molecule has 8 nitrogen and oxygen atoms in total. The minimum Gasteiger partial charge on any atom is -0.506 e. The monoisotopic (exact) mass is 282 g/mol. The van der Waals surface area contributed by atoms with Crippen LogP contribution < -0.4 is 5.32 Å². The summed E-state index contributed by atoms with van der Waals surface area (Å²) in [5.41, 5.74) is -0.286. The van der Waals surface area contributed by atoms with Gasteiger partial charge in [0.1, 0.15) is 5.75 Å². The Morgan fingerprint density at radius 3 is 2.50 bits per heavy atom. The number of phenolic OH excluding ortho intramolecular Hbond substituents is 1. The number of carboxylic acid groups (broad SMARTS) is 1. The summed E-state index contributed by atoms with van der Waals surface area (Å²) in [5, 5.41) is 30.9. The summed E-state index contributed by atoms with van der Waals surface area (Å²) in [6.07, 6.45) is 0.808. The molecule has 0 heterocycles. The Morgan fingerprint density at radius 1 is 1.25 bits per heavy atom. The minimum atomic E-state index is -0.929. The van der Waals surface area contributed by atoms with Crippen molar-refractivity contribution in [2.24, 2.45) is 0 Å². The van der Waals surface area contributed by atoms with Crippen LogP contribution in [0.5, 0.6) is 5.75 Å². The van der Waals surface area contributed by atoms with Gasteiger partial charge in [0.25, 0.3) is 5.69 Å². The maximum absolute atomic E-state index is 11.6. The second-order valence-corrected chi connectivity index (χ2v) is 4.11. The lowest BCUT2D eigenvalue weighted by atomic mass is 10.2. The highest BCUT2D eigenvalue weighted by Crippen LogP contribution is 2.27. The molecule has 0 atom stereocenters. The van der Waals surface area contributed by atoms with Gasteiger partial charge in [-0.05, 0) is 18.9 Å². The molecule has 0 aromatic heterocycles. The number of anilines is 1. The fourth-order valence-electron chi connectivity index (χ4n) is 1.51. The van der Waals surface area contributed by atoms with Crippen molar-refractivity contribution >= 4 is 23.3 Å². The standard InChI is InChI=1S/C12H14N2O6/c15-10-6-5-8(14(19)20)7-9(10)13-11(16)3-1-2-4-12(17)18/h5-7,15H,1-4H2,(H,13,16)(H,17,18). The Balaban J connectivity index is 2.55. The van der Waals surface area contributed by atoms with Crippen LogP contribution >= 0.6 is 0 Å². The predicted molar refractivity (Wildman–Crippen MR) is 69.5 cm³/mol. The molecule has 0 spiro atoms. The molecule has 3 N–H and O–H groups in total. The first-order valence-electron chi connectivity index (χ1n) is 5.89. The van der Waals surface area contributed by atoms with E-state index in [1.54, 1.807) is 0 Å². The second kappa shape index (κ2) is 7.07. The van der Waals surface area contributed by atoms with Gasteiger partial charge < -0.3 is 15.5 Å². The summed E-state index contributed by atoms with van der Waals surface area (Å²) >= 11 is 0. The van der Waals surface area contributed by atoms with Gasteiger partial charge in [0.15, 0.2) is 0 Å². The van der Waals surface area contributed by atoms with Gasteiger partial charge in [-0.25, -0.2) is 0 Å². The first kappa shape index (κ1) is 15.4. The number of unbranched alkanes of at least 4 members (excludes halogenated alkanes) is 1. The Kier molecular flexibility index (Phi) is 5.45. The molecule has 0 aliphatic carbocycles. The Hall–Kier alpha value is -2.64. The molecule has 0 saturated heterocycles. The third-order valence-corrected chi connectivity index (χ3v) is 2.51. The number of phenols is 1. The average Bonchev–Trinajstić information content (AvgIpc) is 2.37. The molecule has 1 aromatic carbocycles. The number of non-ortho nitro benzene ring substituents is 1. The van der Waals surface area contributed by atoms with Crippen LogP contribution in [0.3, 0.4) is 0 Å². The van der Waals surface area contributed by atoms with Gasteiger partial charge >= 0.3 is 5.97 Å². The SMILES string of the molecule is O=C(O)CCCCC(=O)Nc1cc([N+](=O)[O-])ccc1O. The number of hydrogen-bond donors (Lipinski definition) is 3. The van der Waals surface area contributed by atoms with E-state index in [0.29, 0.717) is 12.8 Å². The highest BCUT2D eigenvalue weighted by atomic mass is 16.6. The van der Waals surface area contributed by atoms with Crippen molar-refractivity contribution in [3.63, 3.8) is 0 Å². The number of nitrogens with zero attached hydrogens (tertiary/aromatic N) is 1. The summed E-state index contributed by atoms with van der Waals surface area (Å²) in [4.78, 5) is 31.8. The number of aliphatic carboxylic acids is 1. The number of benzene rings is 1. The van der Waals surface area contributed by atoms with Crippen molar-refractivity contribution < 1.29 is 24.7 Å². The number of nitrogens with one attached hydrogen (secondary N) is 1. The van der Waals surface area contributed by atoms with Crippen LogP contribution in [0.4, 0.5) is 11.4 Å². The molecule has 0 radical (unpaired) electrons. The molecule has 0 aliphatic rings. The lowest BCUT2D eigenvalue weighted by Gasteiger charge is -2.06. The Bertz CT molecular complexity index is 529. The highest BCUT2D eigenvalue weighted by Gasteiger charge is 2.12. The van der Waals surface area contributed by atoms with E-state index in [0.717, 1.165) is 18.2 Å². The molecule has 0 aliphatic heterocycles. The third kappa shape index (κ3) is 4.92. The number of aromatic hydroxyl groups is 1. The molecule has 0 bridgehead atoms. The first-order valence-corrected chi connectivity index (χ1v) is 5.89. The van der Waals surface area contributed by atoms with Gasteiger partial charge in [0.05, 0.1) is 10.6 Å². The van der Waals surface area contributed by atoms with Gasteiger partial charge in [-0.3, -0.25) is 19.7 Å². The molecule has 1 aromatic rings. The van der Waals surface area contributed by atoms with Crippen molar-refractivity contribution in [3.05, 3.63) is 28.3 Å². The predicted octanol–water partition coefficient (Wildman–Crippen LogP) is 1.88. The van der Waals surface area contributed by atoms with Crippen LogP contribution in [0.15, 0.2) is 18.2 Å². The third-order valence-electron chi connectivity index (χ3n) is 2.51. The van der Waals surface area contributed by atoms with Crippen LogP contribution in [0, 0.1) is 10.1 Å². The summed E-state index contributed by atoms with van der Waals surface area (Å²) in [6, 6.07) is 3.31. The number of carbonyl (C=O) groups is 2. The number of rotatable bonds is 7. The van der Waals surface area contributed by atoms with Crippen LogP contribution in [0.1, 0.15) is 25.7 Å². The van der Waals surface area contributed by atoms with Gasteiger partial charge in [0, 0.05) is 25.0 Å². The largest absolute Gasteiger partial charge is 0.506 e. The molecule has 1 rings (SSSR count). The zero-order chi connectivity index (χ0) is 15.1. The van der Waals surface area contributed by atoms with Gasteiger partial charge in [-0.1, -0.05) is 0 Å². The number of amides is 1. The van der Waals surface area contributed by atoms with Gasteiger partial charge in [0.2, 0.25) is 5.91 Å². The number of hydrogen-bond acceptors (Lipinski definition) is 5. The van der Waals surface area contributed by atoms with Crippen molar-refractivity contribution in [1.29, 1.82) is 0 Å². The van der Waals surface area contributed by atoms with E-state index in [1.165, 1.54) is 0 Å². The van der Waals surface area contributed by atoms with E-state index in [1.807, 2.05) is 0 Å². The Morgan fingerprint density at radius 2 is 1.90 bits per heavy atom. The van der Waals surface area contributed by atoms with Crippen LogP contribution in [-0.4, -0.2) is 27.0 Å². The smallest absolute Gasteiger partial charge is 0.303 e. The molecule has 8 heteroatoms. The van der Waals surface area contributed by atoms with Crippen molar-refractivity contribution in [1.82, 2.24) is 0 Å². The molecule has 0 fully saturated rings. The number of carboxylic acids is 1. The summed E-state index contributed by atoms with van der Waals surface area (Å²) in [6.45, 7) is 0. The number of carbonyl (C=O) groups excluding carboxylic acids is 1.